The molecule has 0 aliphatic carbocycles. The predicted molar refractivity (Wildman–Crippen MR) is 112 cm³/mol. The highest BCUT2D eigenvalue weighted by molar-refractivity contribution is 6.05. The molecule has 3 rings (SSSR count). The lowest BCUT2D eigenvalue weighted by molar-refractivity contribution is 0.0600. The van der Waals surface area contributed by atoms with Crippen LogP contribution in [0.4, 0.5) is 17.2 Å². The average Bonchev–Trinajstić information content (AvgIpc) is 2.74. The van der Waals surface area contributed by atoms with E-state index in [1.807, 2.05) is 38.1 Å². The zero-order valence-corrected chi connectivity index (χ0v) is 16.5. The van der Waals surface area contributed by atoms with Gasteiger partial charge >= 0.3 is 5.97 Å². The molecule has 148 valence electrons. The lowest BCUT2D eigenvalue weighted by atomic mass is 10.2. The molecule has 0 unspecified atom stereocenters. The topological polar surface area (TPSA) is 84.4 Å². The van der Waals surface area contributed by atoms with Gasteiger partial charge in [0.15, 0.2) is 0 Å². The fraction of sp³-hybridized carbons (Fsp3) is 0.182. The molecule has 0 saturated heterocycles. The molecule has 3 aromatic rings. The van der Waals surface area contributed by atoms with E-state index in [2.05, 4.69) is 15.3 Å². The highest BCUT2D eigenvalue weighted by Gasteiger charge is 2.18. The molecule has 7 heteroatoms. The standard InChI is InChI=1S/C22H22N4O3/c1-4-26(18-10-5-7-15(2)11-18)21(27)19-13-20(24-14-23-19)25-17-9-6-8-16(12-17)22(28)29-3/h5-14H,4H2,1-3H3,(H,23,24,25). The van der Waals surface area contributed by atoms with Crippen LogP contribution in [-0.4, -0.2) is 35.5 Å². The van der Waals surface area contributed by atoms with Crippen LogP contribution in [0.1, 0.15) is 33.3 Å². The molecule has 1 aromatic heterocycles. The summed E-state index contributed by atoms with van der Waals surface area (Å²) in [4.78, 5) is 34.7. The van der Waals surface area contributed by atoms with E-state index in [0.717, 1.165) is 11.3 Å². The Labute approximate surface area is 169 Å². The Kier molecular flexibility index (Phi) is 6.19. The number of methoxy groups -OCH3 is 1. The smallest absolute Gasteiger partial charge is 0.337 e. The quantitative estimate of drug-likeness (QED) is 0.641. The summed E-state index contributed by atoms with van der Waals surface area (Å²) in [6, 6.07) is 16.2. The number of carbonyl (C=O) groups is 2. The maximum Gasteiger partial charge on any atom is 0.337 e. The predicted octanol–water partition coefficient (Wildman–Crippen LogP) is 3.98. The van der Waals surface area contributed by atoms with E-state index >= 15 is 0 Å². The van der Waals surface area contributed by atoms with Gasteiger partial charge in [-0.1, -0.05) is 18.2 Å². The summed E-state index contributed by atoms with van der Waals surface area (Å²) >= 11 is 0. The molecule has 0 radical (unpaired) electrons. The monoisotopic (exact) mass is 390 g/mol. The van der Waals surface area contributed by atoms with Crippen molar-refractivity contribution in [1.82, 2.24) is 9.97 Å². The molecular weight excluding hydrogens is 368 g/mol. The van der Waals surface area contributed by atoms with Gasteiger partial charge in [0.2, 0.25) is 0 Å². The van der Waals surface area contributed by atoms with Crippen LogP contribution in [0.15, 0.2) is 60.9 Å². The van der Waals surface area contributed by atoms with E-state index in [1.54, 1.807) is 35.2 Å². The van der Waals surface area contributed by atoms with Crippen LogP contribution in [-0.2, 0) is 4.74 Å². The second-order valence-corrected chi connectivity index (χ2v) is 6.37. The summed E-state index contributed by atoms with van der Waals surface area (Å²) in [6.07, 6.45) is 1.34. The molecule has 7 nitrogen and oxygen atoms in total. The summed E-state index contributed by atoms with van der Waals surface area (Å²) in [5.41, 5.74) is 3.23. The number of benzene rings is 2. The van der Waals surface area contributed by atoms with Gasteiger partial charge in [0.1, 0.15) is 17.8 Å². The van der Waals surface area contributed by atoms with Gasteiger partial charge in [0.05, 0.1) is 12.7 Å². The number of esters is 1. The summed E-state index contributed by atoms with van der Waals surface area (Å²) in [5.74, 6) is -0.193. The molecule has 0 aliphatic heterocycles. The van der Waals surface area contributed by atoms with Gasteiger partial charge < -0.3 is 15.0 Å². The SMILES string of the molecule is CCN(C(=O)c1cc(Nc2cccc(C(=O)OC)c2)ncn1)c1cccc(C)c1. The third-order valence-corrected chi connectivity index (χ3v) is 4.32. The average molecular weight is 390 g/mol. The Hall–Kier alpha value is -3.74. The third kappa shape index (κ3) is 4.76. The number of rotatable bonds is 6. The first-order chi connectivity index (χ1) is 14.0. The highest BCUT2D eigenvalue weighted by Crippen LogP contribution is 2.20. The molecule has 1 amide bonds. The van der Waals surface area contributed by atoms with E-state index in [9.17, 15) is 9.59 Å². The zero-order chi connectivity index (χ0) is 20.8. The van der Waals surface area contributed by atoms with Crippen LogP contribution in [0.25, 0.3) is 0 Å². The van der Waals surface area contributed by atoms with Crippen LogP contribution < -0.4 is 10.2 Å². The van der Waals surface area contributed by atoms with Crippen LogP contribution in [0, 0.1) is 6.92 Å². The molecule has 0 bridgehead atoms. The van der Waals surface area contributed by atoms with Gasteiger partial charge in [-0.3, -0.25) is 4.79 Å². The Bertz CT molecular complexity index is 1040. The number of carbonyl (C=O) groups excluding carboxylic acids is 2. The van der Waals surface area contributed by atoms with Crippen LogP contribution in [0.3, 0.4) is 0 Å². The van der Waals surface area contributed by atoms with Crippen molar-refractivity contribution in [1.29, 1.82) is 0 Å². The Morgan fingerprint density at radius 1 is 1.07 bits per heavy atom. The zero-order valence-electron chi connectivity index (χ0n) is 16.5. The summed E-state index contributed by atoms with van der Waals surface area (Å²) in [7, 11) is 1.33. The van der Waals surface area contributed by atoms with Crippen molar-refractivity contribution in [2.24, 2.45) is 0 Å². The fourth-order valence-corrected chi connectivity index (χ4v) is 2.91. The Morgan fingerprint density at radius 2 is 1.86 bits per heavy atom. The van der Waals surface area contributed by atoms with Gasteiger partial charge in [-0.15, -0.1) is 0 Å². The number of aromatic nitrogens is 2. The van der Waals surface area contributed by atoms with Gasteiger partial charge in [-0.25, -0.2) is 14.8 Å². The minimum atomic E-state index is -0.427. The summed E-state index contributed by atoms with van der Waals surface area (Å²) in [6.45, 7) is 4.41. The van der Waals surface area contributed by atoms with Crippen molar-refractivity contribution in [3.05, 3.63) is 77.7 Å². The van der Waals surface area contributed by atoms with Crippen molar-refractivity contribution < 1.29 is 14.3 Å². The highest BCUT2D eigenvalue weighted by atomic mass is 16.5. The molecule has 1 N–H and O–H groups in total. The molecule has 29 heavy (non-hydrogen) atoms. The molecule has 0 aliphatic rings. The first-order valence-electron chi connectivity index (χ1n) is 9.17. The van der Waals surface area contributed by atoms with Gasteiger partial charge in [-0.2, -0.15) is 0 Å². The summed E-state index contributed by atoms with van der Waals surface area (Å²) in [5, 5.41) is 3.09. The van der Waals surface area contributed by atoms with Crippen molar-refractivity contribution in [2.75, 3.05) is 23.9 Å². The normalized spacial score (nSPS) is 10.3. The van der Waals surface area contributed by atoms with Crippen LogP contribution >= 0.6 is 0 Å². The number of nitrogens with zero attached hydrogens (tertiary/aromatic N) is 3. The second kappa shape index (κ2) is 8.97. The first-order valence-corrected chi connectivity index (χ1v) is 9.17. The Balaban J connectivity index is 1.83. The molecular formula is C22H22N4O3. The third-order valence-electron chi connectivity index (χ3n) is 4.32. The molecule has 0 atom stereocenters. The molecule has 0 spiro atoms. The minimum absolute atomic E-state index is 0.216. The van der Waals surface area contributed by atoms with Gasteiger partial charge in [0, 0.05) is 24.0 Å². The Morgan fingerprint density at radius 3 is 2.59 bits per heavy atom. The van der Waals surface area contributed by atoms with Crippen molar-refractivity contribution in [3.8, 4) is 0 Å². The number of aryl methyl sites for hydroxylation is 1. The van der Waals surface area contributed by atoms with Gasteiger partial charge in [-0.05, 0) is 49.7 Å². The second-order valence-electron chi connectivity index (χ2n) is 6.37. The van der Waals surface area contributed by atoms with E-state index in [4.69, 9.17) is 4.74 Å². The van der Waals surface area contributed by atoms with E-state index in [0.29, 0.717) is 23.6 Å². The van der Waals surface area contributed by atoms with Crippen molar-refractivity contribution in [2.45, 2.75) is 13.8 Å². The molecule has 1 heterocycles. The number of anilines is 3. The maximum absolute atomic E-state index is 13.0. The molecule has 0 fully saturated rings. The van der Waals surface area contributed by atoms with Crippen molar-refractivity contribution >= 4 is 29.1 Å². The van der Waals surface area contributed by atoms with Crippen LogP contribution in [0.5, 0.6) is 0 Å². The maximum atomic E-state index is 13.0. The van der Waals surface area contributed by atoms with Crippen LogP contribution in [0.2, 0.25) is 0 Å². The lowest BCUT2D eigenvalue weighted by Crippen LogP contribution is -2.31. The first kappa shape index (κ1) is 20.0. The van der Waals surface area contributed by atoms with Crippen molar-refractivity contribution in [3.63, 3.8) is 0 Å². The molecule has 0 saturated carbocycles. The fourth-order valence-electron chi connectivity index (χ4n) is 2.91. The number of hydrogen-bond donors (Lipinski definition) is 1. The van der Waals surface area contributed by atoms with Gasteiger partial charge in [0.25, 0.3) is 5.91 Å². The van der Waals surface area contributed by atoms with E-state index in [1.165, 1.54) is 13.4 Å². The number of ether oxygens (including phenoxy) is 1. The number of hydrogen-bond acceptors (Lipinski definition) is 6. The number of nitrogens with one attached hydrogen (secondary N) is 1. The van der Waals surface area contributed by atoms with E-state index in [-0.39, 0.29) is 11.6 Å². The molecule has 2 aromatic carbocycles. The number of amides is 1. The minimum Gasteiger partial charge on any atom is -0.465 e. The summed E-state index contributed by atoms with van der Waals surface area (Å²) < 4.78 is 4.74. The largest absolute Gasteiger partial charge is 0.465 e. The lowest BCUT2D eigenvalue weighted by Gasteiger charge is -2.21. The van der Waals surface area contributed by atoms with E-state index < -0.39 is 5.97 Å².